The Kier molecular flexibility index (Phi) is 5.38. The van der Waals surface area contributed by atoms with E-state index in [2.05, 4.69) is 5.16 Å². The second-order valence-electron chi connectivity index (χ2n) is 3.94. The van der Waals surface area contributed by atoms with E-state index in [9.17, 15) is 4.79 Å². The molecule has 0 fully saturated rings. The van der Waals surface area contributed by atoms with Crippen molar-refractivity contribution in [2.75, 3.05) is 13.2 Å². The van der Waals surface area contributed by atoms with Gasteiger partial charge in [0.25, 0.3) is 5.56 Å². The van der Waals surface area contributed by atoms with Gasteiger partial charge in [-0.1, -0.05) is 12.1 Å². The van der Waals surface area contributed by atoms with Crippen molar-refractivity contribution in [1.82, 2.24) is 4.57 Å². The van der Waals surface area contributed by atoms with E-state index in [-0.39, 0.29) is 17.0 Å². The molecule has 0 bridgehead atoms. The predicted molar refractivity (Wildman–Crippen MR) is 69.1 cm³/mol. The smallest absolute Gasteiger partial charge is 0.261 e. The fraction of sp³-hybridized carbons (Fsp3) is 0.500. The molecule has 0 aliphatic carbocycles. The van der Waals surface area contributed by atoms with E-state index in [0.717, 1.165) is 12.1 Å². The number of hydrogen-bond donors (Lipinski definition) is 2. The maximum absolute atomic E-state index is 12.1. The predicted octanol–water partition coefficient (Wildman–Crippen LogP) is 0.678. The Morgan fingerprint density at radius 3 is 2.83 bits per heavy atom. The summed E-state index contributed by atoms with van der Waals surface area (Å²) in [5.41, 5.74) is 6.18. The fourth-order valence-corrected chi connectivity index (χ4v) is 1.60. The Morgan fingerprint density at radius 1 is 1.50 bits per heavy atom. The fourth-order valence-electron chi connectivity index (χ4n) is 1.60. The lowest BCUT2D eigenvalue weighted by atomic mass is 10.2. The number of aromatic nitrogens is 1. The summed E-state index contributed by atoms with van der Waals surface area (Å²) in [6.07, 6.45) is 0.942. The number of aryl methyl sites for hydroxylation is 1. The van der Waals surface area contributed by atoms with Gasteiger partial charge in [0.2, 0.25) is 0 Å². The monoisotopic (exact) mass is 253 g/mol. The van der Waals surface area contributed by atoms with E-state index < -0.39 is 0 Å². The molecule has 0 unspecified atom stereocenters. The third-order valence-corrected chi connectivity index (χ3v) is 2.58. The van der Waals surface area contributed by atoms with Crippen molar-refractivity contribution < 1.29 is 9.94 Å². The van der Waals surface area contributed by atoms with Crippen LogP contribution in [-0.2, 0) is 11.3 Å². The van der Waals surface area contributed by atoms with Crippen LogP contribution in [0.2, 0.25) is 0 Å². The molecule has 0 atom stereocenters. The van der Waals surface area contributed by atoms with Gasteiger partial charge in [0.05, 0.1) is 12.2 Å². The highest BCUT2D eigenvalue weighted by Crippen LogP contribution is 1.99. The van der Waals surface area contributed by atoms with Crippen molar-refractivity contribution >= 4 is 5.84 Å². The average molecular weight is 253 g/mol. The molecule has 1 heterocycles. The van der Waals surface area contributed by atoms with Crippen molar-refractivity contribution in [3.63, 3.8) is 0 Å². The van der Waals surface area contributed by atoms with Gasteiger partial charge in [0.1, 0.15) is 0 Å². The Labute approximate surface area is 106 Å². The molecule has 100 valence electrons. The first kappa shape index (κ1) is 14.2. The summed E-state index contributed by atoms with van der Waals surface area (Å²) in [5, 5.41) is 11.5. The van der Waals surface area contributed by atoms with Crippen LogP contribution in [0.15, 0.2) is 22.1 Å². The minimum Gasteiger partial charge on any atom is -0.409 e. The van der Waals surface area contributed by atoms with Gasteiger partial charge in [-0.3, -0.25) is 4.79 Å². The highest BCUT2D eigenvalue weighted by Gasteiger charge is 2.09. The Bertz CT molecular complexity index is 480. The summed E-state index contributed by atoms with van der Waals surface area (Å²) >= 11 is 0. The van der Waals surface area contributed by atoms with Crippen LogP contribution < -0.4 is 11.3 Å². The first-order valence-corrected chi connectivity index (χ1v) is 5.87. The lowest BCUT2D eigenvalue weighted by Crippen LogP contribution is -2.32. The Hall–Kier alpha value is -1.82. The third kappa shape index (κ3) is 3.33. The molecular weight excluding hydrogens is 234 g/mol. The lowest BCUT2D eigenvalue weighted by molar-refractivity contribution is 0.125. The molecule has 0 aromatic carbocycles. The van der Waals surface area contributed by atoms with E-state index in [0.29, 0.717) is 19.8 Å². The zero-order valence-corrected chi connectivity index (χ0v) is 10.7. The lowest BCUT2D eigenvalue weighted by Gasteiger charge is -2.11. The summed E-state index contributed by atoms with van der Waals surface area (Å²) in [4.78, 5) is 12.1. The van der Waals surface area contributed by atoms with Gasteiger partial charge in [0, 0.05) is 18.8 Å². The number of nitrogens with two attached hydrogens (primary N) is 1. The van der Waals surface area contributed by atoms with Crippen LogP contribution in [0.5, 0.6) is 0 Å². The van der Waals surface area contributed by atoms with Crippen molar-refractivity contribution in [2.24, 2.45) is 10.9 Å². The van der Waals surface area contributed by atoms with Gasteiger partial charge in [0.15, 0.2) is 5.84 Å². The molecule has 3 N–H and O–H groups in total. The maximum Gasteiger partial charge on any atom is 0.261 e. The van der Waals surface area contributed by atoms with Crippen LogP contribution in [0.3, 0.4) is 0 Å². The largest absolute Gasteiger partial charge is 0.409 e. The van der Waals surface area contributed by atoms with Crippen LogP contribution >= 0.6 is 0 Å². The van der Waals surface area contributed by atoms with Crippen LogP contribution in [-0.4, -0.2) is 28.8 Å². The van der Waals surface area contributed by atoms with Gasteiger partial charge < -0.3 is 20.2 Å². The normalized spacial score (nSPS) is 11.8. The molecule has 0 spiro atoms. The molecule has 0 amide bonds. The van der Waals surface area contributed by atoms with Gasteiger partial charge in [-0.25, -0.2) is 0 Å². The molecular formula is C12H19N3O3. The first-order chi connectivity index (χ1) is 8.61. The summed E-state index contributed by atoms with van der Waals surface area (Å²) in [7, 11) is 0. The van der Waals surface area contributed by atoms with Gasteiger partial charge >= 0.3 is 0 Å². The number of oxime groups is 1. The maximum atomic E-state index is 12.1. The summed E-state index contributed by atoms with van der Waals surface area (Å²) in [6.45, 7) is 5.45. The van der Waals surface area contributed by atoms with Gasteiger partial charge in [-0.05, 0) is 25.5 Å². The molecule has 0 saturated heterocycles. The standard InChI is InChI=1S/C12H19N3O3/c1-3-7-18-8-6-15-9(2)4-5-10(12(15)16)11(13)14-17/h4-5,17H,3,6-8H2,1-2H3,(H2,13,14). The minimum atomic E-state index is -0.273. The van der Waals surface area contributed by atoms with Crippen LogP contribution in [0.1, 0.15) is 24.6 Å². The van der Waals surface area contributed by atoms with Crippen molar-refractivity contribution in [3.8, 4) is 0 Å². The van der Waals surface area contributed by atoms with Crippen molar-refractivity contribution in [2.45, 2.75) is 26.8 Å². The number of hydrogen-bond acceptors (Lipinski definition) is 4. The highest BCUT2D eigenvalue weighted by molar-refractivity contribution is 5.96. The van der Waals surface area contributed by atoms with Gasteiger partial charge in [-0.2, -0.15) is 0 Å². The molecule has 1 aromatic rings. The molecule has 6 heteroatoms. The highest BCUT2D eigenvalue weighted by atomic mass is 16.5. The molecule has 0 aliphatic rings. The zero-order valence-electron chi connectivity index (χ0n) is 10.7. The van der Waals surface area contributed by atoms with E-state index in [1.54, 1.807) is 16.7 Å². The summed E-state index contributed by atoms with van der Waals surface area (Å²) < 4.78 is 6.91. The van der Waals surface area contributed by atoms with E-state index in [1.165, 1.54) is 0 Å². The molecule has 0 aliphatic heterocycles. The second-order valence-corrected chi connectivity index (χ2v) is 3.94. The topological polar surface area (TPSA) is 89.8 Å². The molecule has 1 rings (SSSR count). The Morgan fingerprint density at radius 2 is 2.22 bits per heavy atom. The quantitative estimate of drug-likeness (QED) is 0.256. The number of ether oxygens (including phenoxy) is 1. The van der Waals surface area contributed by atoms with E-state index in [4.69, 9.17) is 15.7 Å². The van der Waals surface area contributed by atoms with Crippen LogP contribution in [0, 0.1) is 6.92 Å². The zero-order chi connectivity index (χ0) is 13.5. The van der Waals surface area contributed by atoms with Crippen LogP contribution in [0.4, 0.5) is 0 Å². The van der Waals surface area contributed by atoms with Gasteiger partial charge in [-0.15, -0.1) is 0 Å². The number of amidine groups is 1. The number of pyridine rings is 1. The number of nitrogens with zero attached hydrogens (tertiary/aromatic N) is 2. The van der Waals surface area contributed by atoms with E-state index in [1.807, 2.05) is 13.8 Å². The second kappa shape index (κ2) is 6.80. The SMILES string of the molecule is CCCOCCn1c(C)ccc(/C(N)=N/O)c1=O. The molecule has 6 nitrogen and oxygen atoms in total. The average Bonchev–Trinajstić information content (AvgIpc) is 2.37. The van der Waals surface area contributed by atoms with E-state index >= 15 is 0 Å². The molecule has 18 heavy (non-hydrogen) atoms. The number of rotatable bonds is 6. The third-order valence-electron chi connectivity index (χ3n) is 2.58. The van der Waals surface area contributed by atoms with Crippen molar-refractivity contribution in [3.05, 3.63) is 33.7 Å². The first-order valence-electron chi connectivity index (χ1n) is 5.87. The summed E-state index contributed by atoms with van der Waals surface area (Å²) in [5.74, 6) is -0.178. The van der Waals surface area contributed by atoms with Crippen molar-refractivity contribution in [1.29, 1.82) is 0 Å². The Balaban J connectivity index is 2.93. The molecule has 0 saturated carbocycles. The molecule has 0 radical (unpaired) electrons. The minimum absolute atomic E-state index is 0.178. The summed E-state index contributed by atoms with van der Waals surface area (Å²) in [6, 6.07) is 3.31. The molecule has 1 aromatic heterocycles. The van der Waals surface area contributed by atoms with Crippen LogP contribution in [0.25, 0.3) is 0 Å².